The zero-order valence-electron chi connectivity index (χ0n) is 22.2. The van der Waals surface area contributed by atoms with Gasteiger partial charge in [0.2, 0.25) is 5.91 Å². The molecule has 3 aromatic carbocycles. The van der Waals surface area contributed by atoms with Crippen molar-refractivity contribution in [3.8, 4) is 11.5 Å². The zero-order chi connectivity index (χ0) is 28.3. The molecule has 0 aliphatic carbocycles. The third-order valence-electron chi connectivity index (χ3n) is 6.51. The van der Waals surface area contributed by atoms with E-state index >= 15 is 0 Å². The Labute approximate surface area is 241 Å². The van der Waals surface area contributed by atoms with E-state index in [1.807, 2.05) is 19.9 Å². The molecule has 7 nitrogen and oxygen atoms in total. The second kappa shape index (κ2) is 12.2. The van der Waals surface area contributed by atoms with E-state index in [0.717, 1.165) is 26.9 Å². The Bertz CT molecular complexity index is 1410. The van der Waals surface area contributed by atoms with Crippen molar-refractivity contribution in [3.63, 3.8) is 0 Å². The van der Waals surface area contributed by atoms with E-state index in [4.69, 9.17) is 21.1 Å². The van der Waals surface area contributed by atoms with Gasteiger partial charge in [0.1, 0.15) is 11.5 Å². The van der Waals surface area contributed by atoms with Gasteiger partial charge in [0, 0.05) is 28.8 Å². The summed E-state index contributed by atoms with van der Waals surface area (Å²) in [5.74, 6) is -0.152. The smallest absolute Gasteiger partial charge is 0.311 e. The Morgan fingerprint density at radius 2 is 1.82 bits per heavy atom. The van der Waals surface area contributed by atoms with Gasteiger partial charge in [-0.1, -0.05) is 37.6 Å². The van der Waals surface area contributed by atoms with E-state index in [0.29, 0.717) is 28.1 Å². The lowest BCUT2D eigenvalue weighted by molar-refractivity contribution is -0.151. The van der Waals surface area contributed by atoms with Crippen molar-refractivity contribution in [2.75, 3.05) is 23.4 Å². The molecular formula is C30H30BrClN2O5. The molecule has 0 aromatic heterocycles. The van der Waals surface area contributed by atoms with E-state index in [1.165, 1.54) is 0 Å². The summed E-state index contributed by atoms with van der Waals surface area (Å²) in [6.45, 7) is 7.80. The number of benzene rings is 3. The average molecular weight is 614 g/mol. The summed E-state index contributed by atoms with van der Waals surface area (Å²) >= 11 is 9.44. The van der Waals surface area contributed by atoms with Crippen LogP contribution in [0.3, 0.4) is 0 Å². The van der Waals surface area contributed by atoms with Crippen molar-refractivity contribution in [1.29, 1.82) is 0 Å². The number of amides is 2. The van der Waals surface area contributed by atoms with Crippen LogP contribution >= 0.6 is 27.5 Å². The molecule has 0 radical (unpaired) electrons. The van der Waals surface area contributed by atoms with Crippen molar-refractivity contribution in [2.45, 2.75) is 40.0 Å². The summed E-state index contributed by atoms with van der Waals surface area (Å²) < 4.78 is 12.1. The molecule has 204 valence electrons. The normalized spacial score (nSPS) is 15.0. The molecule has 1 heterocycles. The second-order valence-corrected chi connectivity index (χ2v) is 11.2. The maximum atomic E-state index is 12.7. The summed E-state index contributed by atoms with van der Waals surface area (Å²) in [7, 11) is 0. The van der Waals surface area contributed by atoms with Crippen LogP contribution in [0.4, 0.5) is 11.4 Å². The van der Waals surface area contributed by atoms with Gasteiger partial charge in [0.15, 0.2) is 6.61 Å². The first-order valence-electron chi connectivity index (χ1n) is 12.6. The van der Waals surface area contributed by atoms with Crippen LogP contribution in [-0.2, 0) is 19.1 Å². The number of aryl methyl sites for hydroxylation is 2. The van der Waals surface area contributed by atoms with Gasteiger partial charge in [-0.2, -0.15) is 0 Å². The van der Waals surface area contributed by atoms with Crippen molar-refractivity contribution >= 4 is 56.7 Å². The molecule has 0 unspecified atom stereocenters. The first kappa shape index (κ1) is 28.6. The highest BCUT2D eigenvalue weighted by molar-refractivity contribution is 9.10. The largest absolute Gasteiger partial charge is 0.457 e. The van der Waals surface area contributed by atoms with Gasteiger partial charge < -0.3 is 19.7 Å². The highest BCUT2D eigenvalue weighted by Gasteiger charge is 2.36. The molecule has 39 heavy (non-hydrogen) atoms. The van der Waals surface area contributed by atoms with Crippen LogP contribution in [0.2, 0.25) is 5.02 Å². The molecule has 1 N–H and O–H groups in total. The molecule has 1 fully saturated rings. The maximum Gasteiger partial charge on any atom is 0.311 e. The molecule has 0 saturated carbocycles. The molecule has 3 aromatic rings. The van der Waals surface area contributed by atoms with Crippen molar-refractivity contribution in [2.24, 2.45) is 5.92 Å². The van der Waals surface area contributed by atoms with Crippen LogP contribution in [0.15, 0.2) is 59.1 Å². The number of ether oxygens (including phenoxy) is 2. The van der Waals surface area contributed by atoms with Gasteiger partial charge in [-0.3, -0.25) is 14.4 Å². The van der Waals surface area contributed by atoms with Crippen LogP contribution in [-0.4, -0.2) is 30.9 Å². The summed E-state index contributed by atoms with van der Waals surface area (Å²) in [6.07, 6.45) is 0.0151. The predicted molar refractivity (Wildman–Crippen MR) is 156 cm³/mol. The molecule has 2 amide bonds. The number of hydrogen-bond acceptors (Lipinski definition) is 5. The Hall–Kier alpha value is -3.36. The van der Waals surface area contributed by atoms with Gasteiger partial charge in [-0.05, 0) is 94.9 Å². The van der Waals surface area contributed by atoms with Crippen LogP contribution < -0.4 is 15.0 Å². The van der Waals surface area contributed by atoms with E-state index in [2.05, 4.69) is 47.2 Å². The Morgan fingerprint density at radius 3 is 2.51 bits per heavy atom. The topological polar surface area (TPSA) is 84.9 Å². The number of anilines is 2. The van der Waals surface area contributed by atoms with E-state index < -0.39 is 24.4 Å². The first-order valence-corrected chi connectivity index (χ1v) is 13.8. The fraction of sp³-hybridized carbons (Fsp3) is 0.300. The average Bonchev–Trinajstić information content (AvgIpc) is 3.28. The number of esters is 1. The van der Waals surface area contributed by atoms with Crippen LogP contribution in [0.5, 0.6) is 11.5 Å². The minimum absolute atomic E-state index is 0.0151. The lowest BCUT2D eigenvalue weighted by Crippen LogP contribution is -2.28. The number of halogens is 2. The lowest BCUT2D eigenvalue weighted by Gasteiger charge is -2.18. The van der Waals surface area contributed by atoms with Gasteiger partial charge in [-0.15, -0.1) is 0 Å². The number of carbonyl (C=O) groups is 3. The summed E-state index contributed by atoms with van der Waals surface area (Å²) in [5, 5.41) is 3.14. The van der Waals surface area contributed by atoms with Crippen LogP contribution in [0, 0.1) is 19.8 Å². The van der Waals surface area contributed by atoms with Gasteiger partial charge in [-0.25, -0.2) is 0 Å². The van der Waals surface area contributed by atoms with Gasteiger partial charge in [0.25, 0.3) is 5.91 Å². The SMILES string of the molecule is Cc1ccc(C(C)C)c(Oc2ccc(N3C[C@@H](C(=O)OCC(=O)Nc4cc(Cl)c(Br)cc4C)CC3=O)cc2)c1. The number of hydrogen-bond donors (Lipinski definition) is 1. The fourth-order valence-electron chi connectivity index (χ4n) is 4.36. The fourth-order valence-corrected chi connectivity index (χ4v) is 4.99. The third-order valence-corrected chi connectivity index (χ3v) is 7.71. The monoisotopic (exact) mass is 612 g/mol. The molecule has 1 aliphatic rings. The summed E-state index contributed by atoms with van der Waals surface area (Å²) in [6, 6.07) is 16.8. The molecule has 4 rings (SSSR count). The van der Waals surface area contributed by atoms with Crippen LogP contribution in [0.1, 0.15) is 42.9 Å². The van der Waals surface area contributed by atoms with Crippen molar-refractivity contribution in [1.82, 2.24) is 0 Å². The Balaban J connectivity index is 1.33. The quantitative estimate of drug-likeness (QED) is 0.272. The van der Waals surface area contributed by atoms with E-state index in [1.54, 1.807) is 41.3 Å². The highest BCUT2D eigenvalue weighted by Crippen LogP contribution is 2.33. The Kier molecular flexibility index (Phi) is 8.97. The Morgan fingerprint density at radius 1 is 1.10 bits per heavy atom. The molecule has 1 aliphatic heterocycles. The molecule has 0 spiro atoms. The lowest BCUT2D eigenvalue weighted by atomic mass is 10.0. The van der Waals surface area contributed by atoms with Crippen LogP contribution in [0.25, 0.3) is 0 Å². The van der Waals surface area contributed by atoms with Gasteiger partial charge in [0.05, 0.1) is 10.9 Å². The number of nitrogens with zero attached hydrogens (tertiary/aromatic N) is 1. The molecule has 0 bridgehead atoms. The number of rotatable bonds is 8. The highest BCUT2D eigenvalue weighted by atomic mass is 79.9. The zero-order valence-corrected chi connectivity index (χ0v) is 24.6. The molecule has 1 saturated heterocycles. The van der Waals surface area contributed by atoms with E-state index in [-0.39, 0.29) is 18.9 Å². The summed E-state index contributed by atoms with van der Waals surface area (Å²) in [4.78, 5) is 39.2. The van der Waals surface area contributed by atoms with Crippen molar-refractivity contribution in [3.05, 3.63) is 80.8 Å². The second-order valence-electron chi connectivity index (χ2n) is 9.93. The van der Waals surface area contributed by atoms with Gasteiger partial charge >= 0.3 is 5.97 Å². The molecule has 1 atom stereocenters. The summed E-state index contributed by atoms with van der Waals surface area (Å²) in [5.41, 5.74) is 4.22. The minimum Gasteiger partial charge on any atom is -0.457 e. The maximum absolute atomic E-state index is 12.7. The molecule has 9 heteroatoms. The molecular weight excluding hydrogens is 584 g/mol. The van der Waals surface area contributed by atoms with Crippen molar-refractivity contribution < 1.29 is 23.9 Å². The number of carbonyl (C=O) groups excluding carboxylic acids is 3. The van der Waals surface area contributed by atoms with E-state index in [9.17, 15) is 14.4 Å². The third kappa shape index (κ3) is 6.99. The predicted octanol–water partition coefficient (Wildman–Crippen LogP) is 7.17. The minimum atomic E-state index is -0.661. The standard InChI is InChI=1S/C30H30BrClN2O5/c1-17(2)23-10-5-18(3)11-27(23)39-22-8-6-21(7-9-22)34-15-20(13-29(34)36)30(37)38-16-28(35)33-26-14-25(32)24(31)12-19(26)4/h5-12,14,17,20H,13,15-16H2,1-4H3,(H,33,35)/t20-/m0/s1. The number of nitrogens with one attached hydrogen (secondary N) is 1. The first-order chi connectivity index (χ1) is 18.5.